The van der Waals surface area contributed by atoms with Crippen molar-refractivity contribution in [3.63, 3.8) is 0 Å². The summed E-state index contributed by atoms with van der Waals surface area (Å²) in [6.07, 6.45) is 5.00. The van der Waals surface area contributed by atoms with Crippen LogP contribution in [0.4, 0.5) is 11.4 Å². The van der Waals surface area contributed by atoms with Crippen LogP contribution in [0.1, 0.15) is 23.0 Å². The summed E-state index contributed by atoms with van der Waals surface area (Å²) in [5.74, 6) is 0.631. The summed E-state index contributed by atoms with van der Waals surface area (Å²) in [6, 6.07) is 10.8. The summed E-state index contributed by atoms with van der Waals surface area (Å²) in [6.45, 7) is 4.54. The van der Waals surface area contributed by atoms with Gasteiger partial charge in [-0.25, -0.2) is 4.99 Å². The zero-order valence-electron chi connectivity index (χ0n) is 18.7. The van der Waals surface area contributed by atoms with Gasteiger partial charge in [-0.1, -0.05) is 12.1 Å². The number of guanidine groups is 1. The van der Waals surface area contributed by atoms with Crippen molar-refractivity contribution < 1.29 is 14.0 Å². The van der Waals surface area contributed by atoms with Crippen molar-refractivity contribution in [2.24, 2.45) is 12.0 Å². The Hall–Kier alpha value is -4.08. The molecule has 0 radical (unpaired) electrons. The van der Waals surface area contributed by atoms with E-state index < -0.39 is 0 Å². The Labute approximate surface area is 191 Å². The number of aromatic nitrogens is 2. The van der Waals surface area contributed by atoms with Gasteiger partial charge in [-0.2, -0.15) is 5.10 Å². The predicted molar refractivity (Wildman–Crippen MR) is 125 cm³/mol. The van der Waals surface area contributed by atoms with Gasteiger partial charge in [0.1, 0.15) is 6.54 Å². The average Bonchev–Trinajstić information content (AvgIpc) is 3.49. The fourth-order valence-electron chi connectivity index (χ4n) is 3.61. The molecule has 0 bridgehead atoms. The van der Waals surface area contributed by atoms with Crippen molar-refractivity contribution >= 4 is 29.1 Å². The minimum Gasteiger partial charge on any atom is -0.459 e. The van der Waals surface area contributed by atoms with Crippen molar-refractivity contribution in [3.8, 4) is 0 Å². The number of aliphatic imine (C=N–C) groups is 1. The first-order chi connectivity index (χ1) is 16.0. The van der Waals surface area contributed by atoms with Crippen LogP contribution in [0.2, 0.25) is 0 Å². The Morgan fingerprint density at radius 2 is 2.12 bits per heavy atom. The van der Waals surface area contributed by atoms with Crippen LogP contribution in [0.15, 0.2) is 64.5 Å². The van der Waals surface area contributed by atoms with Gasteiger partial charge in [0.25, 0.3) is 5.91 Å². The number of benzene rings is 1. The Morgan fingerprint density at radius 3 is 2.82 bits per heavy atom. The lowest BCUT2D eigenvalue weighted by Crippen LogP contribution is -2.55. The number of carbonyl (C=O) groups is 2. The van der Waals surface area contributed by atoms with Gasteiger partial charge in [0, 0.05) is 38.6 Å². The summed E-state index contributed by atoms with van der Waals surface area (Å²) in [5, 5.41) is 10.3. The van der Waals surface area contributed by atoms with Gasteiger partial charge in [-0.05, 0) is 36.8 Å². The van der Waals surface area contributed by atoms with E-state index in [0.717, 1.165) is 11.3 Å². The molecule has 1 aromatic carbocycles. The molecule has 3 aromatic rings. The molecule has 2 amide bonds. The van der Waals surface area contributed by atoms with E-state index in [1.807, 2.05) is 49.3 Å². The molecule has 3 heterocycles. The van der Waals surface area contributed by atoms with Crippen LogP contribution in [0, 0.1) is 0 Å². The molecule has 0 spiro atoms. The molecule has 1 fully saturated rings. The first-order valence-electron chi connectivity index (χ1n) is 10.8. The highest BCUT2D eigenvalue weighted by Crippen LogP contribution is 2.17. The van der Waals surface area contributed by atoms with Crippen LogP contribution < -0.4 is 15.5 Å². The minimum absolute atomic E-state index is 0.00230. The lowest BCUT2D eigenvalue weighted by molar-refractivity contribution is -0.120. The van der Waals surface area contributed by atoms with E-state index in [1.54, 1.807) is 27.9 Å². The maximum Gasteiger partial charge on any atom is 0.291 e. The first-order valence-corrected chi connectivity index (χ1v) is 10.8. The zero-order valence-corrected chi connectivity index (χ0v) is 18.7. The summed E-state index contributed by atoms with van der Waals surface area (Å²) >= 11 is 0. The minimum atomic E-state index is -0.306. The summed E-state index contributed by atoms with van der Waals surface area (Å²) in [4.78, 5) is 33.4. The van der Waals surface area contributed by atoms with E-state index in [0.29, 0.717) is 37.8 Å². The molecular weight excluding hydrogens is 422 g/mol. The number of furan rings is 1. The van der Waals surface area contributed by atoms with E-state index in [9.17, 15) is 9.59 Å². The number of aryl methyl sites for hydroxylation is 1. The van der Waals surface area contributed by atoms with Crippen molar-refractivity contribution in [1.29, 1.82) is 0 Å². The summed E-state index contributed by atoms with van der Waals surface area (Å²) in [5.41, 5.74) is 2.40. The summed E-state index contributed by atoms with van der Waals surface area (Å²) in [7, 11) is 1.83. The molecule has 4 rings (SSSR count). The molecule has 1 aliphatic heterocycles. The number of rotatable bonds is 6. The number of hydrogen-bond acceptors (Lipinski definition) is 5. The highest BCUT2D eigenvalue weighted by Gasteiger charge is 2.27. The van der Waals surface area contributed by atoms with Crippen LogP contribution in [0.25, 0.3) is 0 Å². The topological polar surface area (TPSA) is 108 Å². The summed E-state index contributed by atoms with van der Waals surface area (Å²) < 4.78 is 6.82. The Balaban J connectivity index is 1.41. The van der Waals surface area contributed by atoms with Gasteiger partial charge in [0.05, 0.1) is 24.7 Å². The fourth-order valence-corrected chi connectivity index (χ4v) is 3.61. The van der Waals surface area contributed by atoms with Gasteiger partial charge in [0.2, 0.25) is 5.91 Å². The number of hydrogen-bond donors (Lipinski definition) is 2. The van der Waals surface area contributed by atoms with Crippen LogP contribution >= 0.6 is 0 Å². The van der Waals surface area contributed by atoms with Crippen LogP contribution in [-0.2, 0) is 18.4 Å². The molecule has 2 aromatic heterocycles. The van der Waals surface area contributed by atoms with E-state index in [4.69, 9.17) is 9.41 Å². The average molecular weight is 450 g/mol. The molecule has 10 heteroatoms. The second kappa shape index (κ2) is 10.0. The second-order valence-corrected chi connectivity index (χ2v) is 7.64. The molecule has 0 saturated carbocycles. The van der Waals surface area contributed by atoms with Crippen LogP contribution in [0.3, 0.4) is 0 Å². The number of anilines is 2. The number of nitrogens with zero attached hydrogens (tertiary/aromatic N) is 5. The monoisotopic (exact) mass is 449 g/mol. The third-order valence-electron chi connectivity index (χ3n) is 5.20. The molecule has 1 aliphatic rings. The second-order valence-electron chi connectivity index (χ2n) is 7.64. The van der Waals surface area contributed by atoms with E-state index in [-0.39, 0.29) is 24.1 Å². The molecule has 1 saturated heterocycles. The zero-order chi connectivity index (χ0) is 23.2. The number of amides is 2. The van der Waals surface area contributed by atoms with Crippen molar-refractivity contribution in [2.75, 3.05) is 36.4 Å². The quantitative estimate of drug-likeness (QED) is 0.441. The van der Waals surface area contributed by atoms with Gasteiger partial charge in [0.15, 0.2) is 11.7 Å². The van der Waals surface area contributed by atoms with Gasteiger partial charge in [-0.3, -0.25) is 14.3 Å². The third kappa shape index (κ3) is 5.40. The van der Waals surface area contributed by atoms with Crippen LogP contribution in [0.5, 0.6) is 0 Å². The third-order valence-corrected chi connectivity index (χ3v) is 5.20. The molecule has 0 aliphatic carbocycles. The highest BCUT2D eigenvalue weighted by molar-refractivity contribution is 6.02. The van der Waals surface area contributed by atoms with Gasteiger partial charge >= 0.3 is 0 Å². The molecule has 0 unspecified atom stereocenters. The molecule has 172 valence electrons. The molecule has 33 heavy (non-hydrogen) atoms. The van der Waals surface area contributed by atoms with Crippen molar-refractivity contribution in [1.82, 2.24) is 20.0 Å². The molecular formula is C23H27N7O3. The molecule has 2 N–H and O–H groups in total. The smallest absolute Gasteiger partial charge is 0.291 e. The fraction of sp³-hybridized carbons (Fsp3) is 0.304. The number of nitrogens with one attached hydrogen (secondary N) is 2. The Morgan fingerprint density at radius 1 is 1.24 bits per heavy atom. The van der Waals surface area contributed by atoms with Crippen LogP contribution in [-0.4, -0.2) is 58.6 Å². The first kappa shape index (κ1) is 22.1. The lowest BCUT2D eigenvalue weighted by Gasteiger charge is -2.35. The number of piperazine rings is 1. The van der Waals surface area contributed by atoms with Crippen molar-refractivity contribution in [3.05, 3.63) is 66.4 Å². The van der Waals surface area contributed by atoms with Gasteiger partial charge < -0.3 is 24.9 Å². The Bertz CT molecular complexity index is 1140. The molecule has 10 nitrogen and oxygen atoms in total. The standard InChI is InChI=1S/C23H27N7O3/c1-3-24-23(29-9-10-30(21(31)16-29)19-14-26-28(2)15-19)25-13-17-6-4-7-18(12-17)27-22(32)20-8-5-11-33-20/h4-8,11-12,14-15H,3,9-10,13,16H2,1-2H3,(H,24,25)(H,27,32). The number of carbonyl (C=O) groups excluding carboxylic acids is 2. The molecule has 0 atom stereocenters. The lowest BCUT2D eigenvalue weighted by atomic mass is 10.2. The predicted octanol–water partition coefficient (Wildman–Crippen LogP) is 2.08. The highest BCUT2D eigenvalue weighted by atomic mass is 16.3. The Kier molecular flexibility index (Phi) is 6.72. The SMILES string of the molecule is CCNC(=NCc1cccc(NC(=O)c2ccco2)c1)N1CCN(c2cnn(C)c2)C(=O)C1. The van der Waals surface area contributed by atoms with Gasteiger partial charge in [-0.15, -0.1) is 0 Å². The van der Waals surface area contributed by atoms with E-state index >= 15 is 0 Å². The van der Waals surface area contributed by atoms with E-state index in [2.05, 4.69) is 15.7 Å². The largest absolute Gasteiger partial charge is 0.459 e. The maximum atomic E-state index is 12.8. The van der Waals surface area contributed by atoms with Crippen molar-refractivity contribution in [2.45, 2.75) is 13.5 Å². The maximum absolute atomic E-state index is 12.8. The van der Waals surface area contributed by atoms with E-state index in [1.165, 1.54) is 6.26 Å². The normalized spacial score (nSPS) is 14.5.